The van der Waals surface area contributed by atoms with E-state index in [0.717, 1.165) is 5.56 Å². The van der Waals surface area contributed by atoms with Gasteiger partial charge >= 0.3 is 5.97 Å². The first-order chi connectivity index (χ1) is 7.59. The molecule has 0 amide bonds. The highest BCUT2D eigenvalue weighted by Gasteiger charge is 2.14. The largest absolute Gasteiger partial charge is 0.476 e. The Morgan fingerprint density at radius 3 is 2.88 bits per heavy atom. The molecule has 1 aromatic carbocycles. The number of hydrogen-bond donors (Lipinski definition) is 1. The van der Waals surface area contributed by atoms with E-state index in [4.69, 9.17) is 16.7 Å². The van der Waals surface area contributed by atoms with Gasteiger partial charge in [-0.25, -0.2) is 9.48 Å². The van der Waals surface area contributed by atoms with Crippen LogP contribution in [0.5, 0.6) is 0 Å². The van der Waals surface area contributed by atoms with Crippen molar-refractivity contribution in [1.82, 2.24) is 15.0 Å². The number of halogens is 1. The summed E-state index contributed by atoms with van der Waals surface area (Å²) in [5.74, 6) is -1.10. The van der Waals surface area contributed by atoms with E-state index in [9.17, 15) is 4.79 Å². The number of aromatic carboxylic acids is 1. The van der Waals surface area contributed by atoms with Gasteiger partial charge in [-0.1, -0.05) is 22.9 Å². The molecule has 0 radical (unpaired) electrons. The Kier molecular flexibility index (Phi) is 2.62. The number of hydrogen-bond acceptors (Lipinski definition) is 3. The van der Waals surface area contributed by atoms with Crippen molar-refractivity contribution in [3.8, 4) is 5.69 Å². The molecule has 0 aliphatic rings. The molecular formula is C10H8ClN3O2. The SMILES string of the molecule is Cc1ccc(-n2nncc2C(=O)O)c(Cl)c1. The summed E-state index contributed by atoms with van der Waals surface area (Å²) in [4.78, 5) is 10.9. The van der Waals surface area contributed by atoms with E-state index in [-0.39, 0.29) is 5.69 Å². The van der Waals surface area contributed by atoms with Crippen molar-refractivity contribution >= 4 is 17.6 Å². The van der Waals surface area contributed by atoms with E-state index >= 15 is 0 Å². The summed E-state index contributed by atoms with van der Waals surface area (Å²) in [5.41, 5.74) is 1.47. The van der Waals surface area contributed by atoms with Crippen LogP contribution in [-0.2, 0) is 0 Å². The molecule has 1 N–H and O–H groups in total. The maximum absolute atomic E-state index is 10.9. The molecule has 0 aliphatic carbocycles. The van der Waals surface area contributed by atoms with Gasteiger partial charge in [-0.2, -0.15) is 0 Å². The highest BCUT2D eigenvalue weighted by atomic mass is 35.5. The molecule has 82 valence electrons. The van der Waals surface area contributed by atoms with E-state index in [1.807, 2.05) is 13.0 Å². The molecule has 0 spiro atoms. The number of carboxylic acid groups (broad SMARTS) is 1. The molecule has 16 heavy (non-hydrogen) atoms. The second kappa shape index (κ2) is 3.94. The monoisotopic (exact) mass is 237 g/mol. The van der Waals surface area contributed by atoms with E-state index in [1.54, 1.807) is 12.1 Å². The number of aromatic nitrogens is 3. The second-order valence-electron chi connectivity index (χ2n) is 3.29. The molecule has 0 saturated carbocycles. The van der Waals surface area contributed by atoms with Crippen LogP contribution in [0.2, 0.25) is 5.02 Å². The maximum Gasteiger partial charge on any atom is 0.356 e. The fourth-order valence-corrected chi connectivity index (χ4v) is 1.66. The first kappa shape index (κ1) is 10.6. The van der Waals surface area contributed by atoms with E-state index in [0.29, 0.717) is 10.7 Å². The summed E-state index contributed by atoms with van der Waals surface area (Å²) in [6.45, 7) is 1.90. The second-order valence-corrected chi connectivity index (χ2v) is 3.70. The number of aryl methyl sites for hydroxylation is 1. The zero-order valence-electron chi connectivity index (χ0n) is 8.38. The predicted octanol–water partition coefficient (Wildman–Crippen LogP) is 1.93. The molecule has 0 unspecified atom stereocenters. The molecule has 1 aromatic heterocycles. The minimum atomic E-state index is -1.10. The van der Waals surface area contributed by atoms with Crippen LogP contribution in [0.25, 0.3) is 5.69 Å². The van der Waals surface area contributed by atoms with Gasteiger partial charge in [0, 0.05) is 0 Å². The highest BCUT2D eigenvalue weighted by molar-refractivity contribution is 6.32. The Morgan fingerprint density at radius 2 is 2.25 bits per heavy atom. The maximum atomic E-state index is 10.9. The lowest BCUT2D eigenvalue weighted by atomic mass is 10.2. The zero-order valence-corrected chi connectivity index (χ0v) is 9.14. The quantitative estimate of drug-likeness (QED) is 0.867. The van der Waals surface area contributed by atoms with Crippen molar-refractivity contribution in [3.05, 3.63) is 40.7 Å². The van der Waals surface area contributed by atoms with Gasteiger partial charge in [-0.15, -0.1) is 5.10 Å². The van der Waals surface area contributed by atoms with Gasteiger partial charge in [-0.05, 0) is 24.6 Å². The molecule has 0 atom stereocenters. The van der Waals surface area contributed by atoms with Crippen molar-refractivity contribution in [2.24, 2.45) is 0 Å². The lowest BCUT2D eigenvalue weighted by Gasteiger charge is -2.05. The van der Waals surface area contributed by atoms with Crippen molar-refractivity contribution in [2.75, 3.05) is 0 Å². The normalized spacial score (nSPS) is 10.4. The summed E-state index contributed by atoms with van der Waals surface area (Å²) in [6.07, 6.45) is 1.18. The van der Waals surface area contributed by atoms with Crippen molar-refractivity contribution in [2.45, 2.75) is 6.92 Å². The Hall–Kier alpha value is -1.88. The van der Waals surface area contributed by atoms with Gasteiger partial charge < -0.3 is 5.11 Å². The van der Waals surface area contributed by atoms with Gasteiger partial charge in [-0.3, -0.25) is 0 Å². The molecule has 0 saturated heterocycles. The van der Waals surface area contributed by atoms with Gasteiger partial charge in [0.1, 0.15) is 0 Å². The number of nitrogens with zero attached hydrogens (tertiary/aromatic N) is 3. The Bertz CT molecular complexity index is 551. The Balaban J connectivity index is 2.59. The molecule has 2 aromatic rings. The lowest BCUT2D eigenvalue weighted by molar-refractivity contribution is 0.0687. The molecule has 0 fully saturated rings. The summed E-state index contributed by atoms with van der Waals surface area (Å²) >= 11 is 6.02. The van der Waals surface area contributed by atoms with Crippen LogP contribution in [0.1, 0.15) is 16.1 Å². The Labute approximate surface area is 96.3 Å². The average molecular weight is 238 g/mol. The van der Waals surface area contributed by atoms with Crippen LogP contribution in [0.15, 0.2) is 24.4 Å². The van der Waals surface area contributed by atoms with Crippen molar-refractivity contribution < 1.29 is 9.90 Å². The average Bonchev–Trinajstić information content (AvgIpc) is 2.66. The van der Waals surface area contributed by atoms with Crippen LogP contribution in [-0.4, -0.2) is 26.1 Å². The predicted molar refractivity (Wildman–Crippen MR) is 58.1 cm³/mol. The minimum Gasteiger partial charge on any atom is -0.476 e. The van der Waals surface area contributed by atoms with Gasteiger partial charge in [0.25, 0.3) is 0 Å². The van der Waals surface area contributed by atoms with Crippen LogP contribution in [0.3, 0.4) is 0 Å². The van der Waals surface area contributed by atoms with Crippen molar-refractivity contribution in [3.63, 3.8) is 0 Å². The standard InChI is InChI=1S/C10H8ClN3O2/c1-6-2-3-8(7(11)4-6)14-9(10(15)16)5-12-13-14/h2-5H,1H3,(H,15,16). The number of carbonyl (C=O) groups is 1. The Morgan fingerprint density at radius 1 is 1.50 bits per heavy atom. The first-order valence-electron chi connectivity index (χ1n) is 4.50. The van der Waals surface area contributed by atoms with Crippen molar-refractivity contribution in [1.29, 1.82) is 0 Å². The third-order valence-corrected chi connectivity index (χ3v) is 2.40. The molecule has 5 nitrogen and oxygen atoms in total. The topological polar surface area (TPSA) is 68.0 Å². The fourth-order valence-electron chi connectivity index (χ4n) is 1.34. The summed E-state index contributed by atoms with van der Waals surface area (Å²) < 4.78 is 1.20. The smallest absolute Gasteiger partial charge is 0.356 e. The fraction of sp³-hybridized carbons (Fsp3) is 0.100. The summed E-state index contributed by atoms with van der Waals surface area (Å²) in [6, 6.07) is 5.28. The first-order valence-corrected chi connectivity index (χ1v) is 4.88. The number of carboxylic acids is 1. The third-order valence-electron chi connectivity index (χ3n) is 2.10. The van der Waals surface area contributed by atoms with E-state index in [2.05, 4.69) is 10.3 Å². The highest BCUT2D eigenvalue weighted by Crippen LogP contribution is 2.21. The lowest BCUT2D eigenvalue weighted by Crippen LogP contribution is -2.08. The van der Waals surface area contributed by atoms with Gasteiger partial charge in [0.05, 0.1) is 16.9 Å². The molecular weight excluding hydrogens is 230 g/mol. The van der Waals surface area contributed by atoms with Crippen LogP contribution in [0.4, 0.5) is 0 Å². The van der Waals surface area contributed by atoms with Gasteiger partial charge in [0.2, 0.25) is 0 Å². The third kappa shape index (κ3) is 1.77. The van der Waals surface area contributed by atoms with Crippen LogP contribution in [0, 0.1) is 6.92 Å². The van der Waals surface area contributed by atoms with Gasteiger partial charge in [0.15, 0.2) is 5.69 Å². The molecule has 0 aliphatic heterocycles. The number of benzene rings is 1. The van der Waals surface area contributed by atoms with E-state index in [1.165, 1.54) is 10.9 Å². The summed E-state index contributed by atoms with van der Waals surface area (Å²) in [7, 11) is 0. The number of rotatable bonds is 2. The molecule has 6 heteroatoms. The molecule has 0 bridgehead atoms. The summed E-state index contributed by atoms with van der Waals surface area (Å²) in [5, 5.41) is 16.6. The zero-order chi connectivity index (χ0) is 11.7. The molecule has 2 rings (SSSR count). The molecule has 1 heterocycles. The van der Waals surface area contributed by atoms with E-state index < -0.39 is 5.97 Å². The van der Waals surface area contributed by atoms with Crippen LogP contribution < -0.4 is 0 Å². The van der Waals surface area contributed by atoms with Crippen LogP contribution >= 0.6 is 11.6 Å². The minimum absolute atomic E-state index is 0.0225.